The number of alkyl halides is 1. The third-order valence-electron chi connectivity index (χ3n) is 7.72. The van der Waals surface area contributed by atoms with E-state index in [2.05, 4.69) is 22.7 Å². The lowest BCUT2D eigenvalue weighted by Gasteiger charge is -2.28. The minimum absolute atomic E-state index is 0.00826. The van der Waals surface area contributed by atoms with Crippen LogP contribution >= 0.6 is 58.0 Å². The first-order chi connectivity index (χ1) is 23.5. The standard InChI is InChI=1S/C35H38Cl5N5O4/c1-3-4-5-6-8-11-25(17-14-22(2)36)41-34(47)44(27-12-9-7-10-13-27)32-31(49-35(48)42-26-18-15-23(37)16-19-26)33(46)45(43-32)30-28(39)20-24(38)21-29(30)40/h7,9-10,12-13,15-16,18-22,25,31H,3-6,8,11,14,17H2,1-2H3,(H,41,47)(H,42,48). The van der Waals surface area contributed by atoms with E-state index >= 15 is 0 Å². The lowest BCUT2D eigenvalue weighted by molar-refractivity contribution is -0.122. The summed E-state index contributed by atoms with van der Waals surface area (Å²) in [5, 5.41) is 11.8. The van der Waals surface area contributed by atoms with E-state index in [0.717, 1.165) is 43.5 Å². The Morgan fingerprint density at radius 3 is 2.18 bits per heavy atom. The molecule has 2 N–H and O–H groups in total. The second-order valence-electron chi connectivity index (χ2n) is 11.6. The molecular weight excluding hydrogens is 732 g/mol. The molecule has 262 valence electrons. The molecule has 3 aromatic carbocycles. The number of anilines is 3. The van der Waals surface area contributed by atoms with Gasteiger partial charge in [0, 0.05) is 27.2 Å². The van der Waals surface area contributed by atoms with Gasteiger partial charge in [0.25, 0.3) is 5.91 Å². The summed E-state index contributed by atoms with van der Waals surface area (Å²) in [6, 6.07) is 17.0. The minimum Gasteiger partial charge on any atom is -0.427 e. The molecule has 0 radical (unpaired) electrons. The predicted molar refractivity (Wildman–Crippen MR) is 201 cm³/mol. The lowest BCUT2D eigenvalue weighted by Crippen LogP contribution is -2.52. The topological polar surface area (TPSA) is 103 Å². The second-order valence-corrected chi connectivity index (χ2v) is 14.1. The van der Waals surface area contributed by atoms with Crippen molar-refractivity contribution in [3.8, 4) is 0 Å². The first-order valence-corrected chi connectivity index (χ1v) is 18.0. The number of carbonyl (C=O) groups excluding carboxylic acids is 3. The largest absolute Gasteiger partial charge is 0.427 e. The molecule has 0 saturated carbocycles. The zero-order valence-electron chi connectivity index (χ0n) is 27.1. The Hall–Kier alpha value is -3.21. The average Bonchev–Trinajstić information content (AvgIpc) is 3.35. The maximum Gasteiger partial charge on any atom is 0.412 e. The maximum atomic E-state index is 14.3. The van der Waals surface area contributed by atoms with Crippen LogP contribution in [0.3, 0.4) is 0 Å². The van der Waals surface area contributed by atoms with Crippen LogP contribution in [0.5, 0.6) is 0 Å². The van der Waals surface area contributed by atoms with Crippen LogP contribution in [0.2, 0.25) is 20.1 Å². The van der Waals surface area contributed by atoms with Crippen LogP contribution < -0.4 is 20.5 Å². The molecule has 9 nitrogen and oxygen atoms in total. The monoisotopic (exact) mass is 767 g/mol. The van der Waals surface area contributed by atoms with Gasteiger partial charge in [-0.3, -0.25) is 10.1 Å². The molecule has 1 heterocycles. The Kier molecular flexibility index (Phi) is 14.7. The summed E-state index contributed by atoms with van der Waals surface area (Å²) < 4.78 is 5.71. The van der Waals surface area contributed by atoms with Crippen molar-refractivity contribution in [1.82, 2.24) is 5.32 Å². The van der Waals surface area contributed by atoms with Crippen molar-refractivity contribution < 1.29 is 19.1 Å². The first-order valence-electron chi connectivity index (χ1n) is 16.1. The lowest BCUT2D eigenvalue weighted by atomic mass is 10.0. The molecule has 3 unspecified atom stereocenters. The van der Waals surface area contributed by atoms with Crippen LogP contribution in [0.1, 0.15) is 65.2 Å². The van der Waals surface area contributed by atoms with Crippen LogP contribution in [0.4, 0.5) is 26.7 Å². The normalized spacial score (nSPS) is 15.4. The number of amides is 4. The fourth-order valence-corrected chi connectivity index (χ4v) is 6.49. The van der Waals surface area contributed by atoms with Gasteiger partial charge in [-0.05, 0) is 74.7 Å². The summed E-state index contributed by atoms with van der Waals surface area (Å²) in [5.41, 5.74) is 0.752. The van der Waals surface area contributed by atoms with E-state index < -0.39 is 24.1 Å². The highest BCUT2D eigenvalue weighted by atomic mass is 35.5. The highest BCUT2D eigenvalue weighted by Crippen LogP contribution is 2.39. The molecule has 1 aliphatic heterocycles. The third kappa shape index (κ3) is 10.9. The maximum absolute atomic E-state index is 14.3. The van der Waals surface area contributed by atoms with Crippen LogP contribution in [0.25, 0.3) is 0 Å². The average molecular weight is 770 g/mol. The number of nitrogens with one attached hydrogen (secondary N) is 2. The third-order valence-corrected chi connectivity index (χ3v) is 8.99. The van der Waals surface area contributed by atoms with Gasteiger partial charge in [-0.2, -0.15) is 5.01 Å². The van der Waals surface area contributed by atoms with Crippen molar-refractivity contribution in [1.29, 1.82) is 0 Å². The first kappa shape index (κ1) is 38.6. The number of hydrogen-bond donors (Lipinski definition) is 2. The Balaban J connectivity index is 1.72. The van der Waals surface area contributed by atoms with Gasteiger partial charge < -0.3 is 10.1 Å². The number of halogens is 5. The Morgan fingerprint density at radius 1 is 0.898 bits per heavy atom. The van der Waals surface area contributed by atoms with Crippen molar-refractivity contribution in [2.75, 3.05) is 15.2 Å². The number of urea groups is 1. The number of hydrogen-bond acceptors (Lipinski definition) is 5. The second kappa shape index (κ2) is 18.7. The predicted octanol–water partition coefficient (Wildman–Crippen LogP) is 10.9. The van der Waals surface area contributed by atoms with Gasteiger partial charge in [0.05, 0.1) is 15.7 Å². The molecule has 49 heavy (non-hydrogen) atoms. The van der Waals surface area contributed by atoms with Gasteiger partial charge in [0.15, 0.2) is 5.84 Å². The van der Waals surface area contributed by atoms with Gasteiger partial charge in [0.2, 0.25) is 6.10 Å². The molecule has 0 aromatic heterocycles. The Labute approximate surface area is 311 Å². The van der Waals surface area contributed by atoms with Gasteiger partial charge in [-0.15, -0.1) is 16.7 Å². The van der Waals surface area contributed by atoms with Gasteiger partial charge in [-0.25, -0.2) is 14.5 Å². The summed E-state index contributed by atoms with van der Waals surface area (Å²) in [6.07, 6.45) is 4.75. The summed E-state index contributed by atoms with van der Waals surface area (Å²) in [5.74, 6) is -1.00. The molecule has 0 saturated heterocycles. The molecule has 4 rings (SSSR count). The fraction of sp³-hybridized carbons (Fsp3) is 0.371. The van der Waals surface area contributed by atoms with Crippen LogP contribution in [-0.2, 0) is 9.53 Å². The smallest absolute Gasteiger partial charge is 0.412 e. The molecule has 0 fully saturated rings. The minimum atomic E-state index is -1.68. The number of ether oxygens (including phenoxy) is 1. The van der Waals surface area contributed by atoms with Crippen molar-refractivity contribution in [3.05, 3.63) is 86.8 Å². The summed E-state index contributed by atoms with van der Waals surface area (Å²) in [6.45, 7) is 4.07. The Morgan fingerprint density at radius 2 is 1.55 bits per heavy atom. The highest BCUT2D eigenvalue weighted by molar-refractivity contribution is 6.43. The van der Waals surface area contributed by atoms with Gasteiger partial charge in [0.1, 0.15) is 5.69 Å². The molecule has 3 aromatic rings. The van der Waals surface area contributed by atoms with Crippen LogP contribution in [-0.4, -0.2) is 41.4 Å². The van der Waals surface area contributed by atoms with Gasteiger partial charge >= 0.3 is 12.1 Å². The highest BCUT2D eigenvalue weighted by Gasteiger charge is 2.46. The summed E-state index contributed by atoms with van der Waals surface area (Å²) >= 11 is 31.4. The van der Waals surface area contributed by atoms with Crippen LogP contribution in [0, 0.1) is 0 Å². The van der Waals surface area contributed by atoms with E-state index in [-0.39, 0.29) is 38.0 Å². The number of para-hydroxylation sites is 1. The molecule has 0 spiro atoms. The fourth-order valence-electron chi connectivity index (χ4n) is 5.26. The number of amidine groups is 1. The quantitative estimate of drug-likeness (QED) is 0.126. The van der Waals surface area contributed by atoms with E-state index in [4.69, 9.17) is 62.7 Å². The van der Waals surface area contributed by atoms with E-state index in [9.17, 15) is 14.4 Å². The van der Waals surface area contributed by atoms with Gasteiger partial charge in [-0.1, -0.05) is 104 Å². The number of carbonyl (C=O) groups is 3. The molecule has 1 aliphatic rings. The molecule has 3 atom stereocenters. The van der Waals surface area contributed by atoms with Crippen molar-refractivity contribution in [2.45, 2.75) is 82.7 Å². The number of unbranched alkanes of at least 4 members (excludes halogenated alkanes) is 4. The van der Waals surface area contributed by atoms with E-state index in [0.29, 0.717) is 29.2 Å². The molecular formula is C35H38Cl5N5O4. The molecule has 14 heteroatoms. The van der Waals surface area contributed by atoms with E-state index in [1.54, 1.807) is 54.6 Å². The number of nitrogens with zero attached hydrogens (tertiary/aromatic N) is 3. The van der Waals surface area contributed by atoms with Crippen molar-refractivity contribution in [2.24, 2.45) is 5.10 Å². The van der Waals surface area contributed by atoms with Crippen LogP contribution in [0.15, 0.2) is 71.8 Å². The number of benzene rings is 3. The zero-order chi connectivity index (χ0) is 35.5. The summed E-state index contributed by atoms with van der Waals surface area (Å²) in [7, 11) is 0. The van der Waals surface area contributed by atoms with E-state index in [1.807, 2.05) is 6.92 Å². The molecule has 0 aliphatic carbocycles. The zero-order valence-corrected chi connectivity index (χ0v) is 30.9. The SMILES string of the molecule is CCCCCCCC(CCC(C)Cl)NC(=O)N(C1=NN(c2c(Cl)cc(Cl)cc2Cl)C(=O)C1OC(=O)Nc1ccc(Cl)cc1)c1ccccc1. The van der Waals surface area contributed by atoms with Crippen molar-refractivity contribution in [3.63, 3.8) is 0 Å². The Bertz CT molecular complexity index is 1600. The molecule has 0 bridgehead atoms. The number of rotatable bonds is 14. The number of hydrazone groups is 1. The molecule has 4 amide bonds. The van der Waals surface area contributed by atoms with Crippen molar-refractivity contribution >= 4 is 98.9 Å². The summed E-state index contributed by atoms with van der Waals surface area (Å²) in [4.78, 5) is 42.9. The van der Waals surface area contributed by atoms with E-state index in [1.165, 1.54) is 17.0 Å².